The molecule has 1 aromatic heterocycles. The van der Waals surface area contributed by atoms with Crippen LogP contribution in [-0.2, 0) is 11.3 Å². The van der Waals surface area contributed by atoms with Crippen molar-refractivity contribution in [3.63, 3.8) is 0 Å². The van der Waals surface area contributed by atoms with Crippen LogP contribution >= 0.6 is 22.6 Å². The normalized spacial score (nSPS) is 10.5. The van der Waals surface area contributed by atoms with E-state index in [1.54, 1.807) is 4.68 Å². The molecule has 0 aliphatic carbocycles. The van der Waals surface area contributed by atoms with Crippen LogP contribution < -0.4 is 5.32 Å². The highest BCUT2D eigenvalue weighted by molar-refractivity contribution is 14.1. The molecule has 0 aliphatic heterocycles. The molecule has 0 saturated carbocycles. The number of aromatic nitrogens is 2. The van der Waals surface area contributed by atoms with Gasteiger partial charge in [-0.05, 0) is 67.1 Å². The van der Waals surface area contributed by atoms with Crippen LogP contribution in [-0.4, -0.2) is 15.7 Å². The fraction of sp³-hybridized carbons (Fsp3) is 0.286. The molecule has 1 heterocycles. The van der Waals surface area contributed by atoms with Crippen LogP contribution in [0.25, 0.3) is 0 Å². The number of aryl methyl sites for hydroxylation is 3. The topological polar surface area (TPSA) is 46.9 Å². The highest BCUT2D eigenvalue weighted by Crippen LogP contribution is 2.18. The largest absolute Gasteiger partial charge is 0.324 e. The van der Waals surface area contributed by atoms with Crippen molar-refractivity contribution < 1.29 is 4.79 Å². The maximum atomic E-state index is 12.0. The van der Waals surface area contributed by atoms with E-state index in [1.165, 1.54) is 0 Å². The Labute approximate surface area is 126 Å². The van der Waals surface area contributed by atoms with Gasteiger partial charge in [-0.15, -0.1) is 0 Å². The number of halogens is 1. The van der Waals surface area contributed by atoms with E-state index in [0.717, 1.165) is 26.2 Å². The first-order chi connectivity index (χ1) is 8.95. The quantitative estimate of drug-likeness (QED) is 0.846. The summed E-state index contributed by atoms with van der Waals surface area (Å²) in [5, 5.41) is 7.22. The van der Waals surface area contributed by atoms with Gasteiger partial charge in [-0.2, -0.15) is 5.10 Å². The van der Waals surface area contributed by atoms with Crippen molar-refractivity contribution >= 4 is 34.2 Å². The summed E-state index contributed by atoms with van der Waals surface area (Å²) in [6.45, 7) is 6.09. The summed E-state index contributed by atoms with van der Waals surface area (Å²) in [4.78, 5) is 12.0. The smallest absolute Gasteiger partial charge is 0.246 e. The SMILES string of the molecule is Cc1cc(C)n(CC(=O)Nc2cc(I)ccc2C)n1. The molecular weight excluding hydrogens is 353 g/mol. The molecule has 19 heavy (non-hydrogen) atoms. The van der Waals surface area contributed by atoms with Crippen LogP contribution in [0.3, 0.4) is 0 Å². The summed E-state index contributed by atoms with van der Waals surface area (Å²) in [5.74, 6) is -0.0590. The van der Waals surface area contributed by atoms with Gasteiger partial charge in [-0.1, -0.05) is 6.07 Å². The van der Waals surface area contributed by atoms with E-state index in [0.29, 0.717) is 0 Å². The third-order valence-electron chi connectivity index (χ3n) is 2.87. The minimum absolute atomic E-state index is 0.0590. The van der Waals surface area contributed by atoms with Crippen LogP contribution in [0.2, 0.25) is 0 Å². The number of anilines is 1. The van der Waals surface area contributed by atoms with E-state index in [9.17, 15) is 4.79 Å². The van der Waals surface area contributed by atoms with Crippen LogP contribution in [0.1, 0.15) is 17.0 Å². The standard InChI is InChI=1S/C14H16IN3O/c1-9-4-5-12(15)7-13(9)16-14(19)8-18-11(3)6-10(2)17-18/h4-7H,8H2,1-3H3,(H,16,19). The van der Waals surface area contributed by atoms with Crippen LogP contribution in [0.4, 0.5) is 5.69 Å². The molecule has 2 rings (SSSR count). The van der Waals surface area contributed by atoms with Crippen LogP contribution in [0.5, 0.6) is 0 Å². The molecule has 2 aromatic rings. The van der Waals surface area contributed by atoms with Crippen molar-refractivity contribution in [3.05, 3.63) is 44.8 Å². The van der Waals surface area contributed by atoms with Crippen molar-refractivity contribution in [3.8, 4) is 0 Å². The van der Waals surface area contributed by atoms with Gasteiger partial charge in [-0.3, -0.25) is 9.48 Å². The second-order valence-corrected chi connectivity index (χ2v) is 5.84. The van der Waals surface area contributed by atoms with Gasteiger partial charge in [0.25, 0.3) is 0 Å². The van der Waals surface area contributed by atoms with Gasteiger partial charge in [0.2, 0.25) is 5.91 Å². The summed E-state index contributed by atoms with van der Waals surface area (Å²) in [6.07, 6.45) is 0. The predicted octanol–water partition coefficient (Wildman–Crippen LogP) is 3.05. The lowest BCUT2D eigenvalue weighted by atomic mass is 10.2. The van der Waals surface area contributed by atoms with Gasteiger partial charge in [0.15, 0.2) is 0 Å². The minimum Gasteiger partial charge on any atom is -0.324 e. The van der Waals surface area contributed by atoms with E-state index < -0.39 is 0 Å². The molecule has 0 bridgehead atoms. The predicted molar refractivity (Wildman–Crippen MR) is 84.2 cm³/mol. The monoisotopic (exact) mass is 369 g/mol. The average Bonchev–Trinajstić information content (AvgIpc) is 2.62. The third-order valence-corrected chi connectivity index (χ3v) is 3.54. The Balaban J connectivity index is 2.09. The van der Waals surface area contributed by atoms with E-state index in [4.69, 9.17) is 0 Å². The van der Waals surface area contributed by atoms with Crippen molar-refractivity contribution in [2.24, 2.45) is 0 Å². The Hall–Kier alpha value is -1.37. The Bertz CT molecular complexity index is 619. The maximum absolute atomic E-state index is 12.0. The first kappa shape index (κ1) is 14.0. The van der Waals surface area contributed by atoms with E-state index in [2.05, 4.69) is 33.0 Å². The number of nitrogens with one attached hydrogen (secondary N) is 1. The molecule has 100 valence electrons. The molecule has 1 N–H and O–H groups in total. The number of hydrogen-bond donors (Lipinski definition) is 1. The molecule has 0 spiro atoms. The third kappa shape index (κ3) is 3.56. The molecule has 5 heteroatoms. The van der Waals surface area contributed by atoms with Crippen molar-refractivity contribution in [1.82, 2.24) is 9.78 Å². The van der Waals surface area contributed by atoms with Crippen molar-refractivity contribution in [1.29, 1.82) is 0 Å². The number of carbonyl (C=O) groups is 1. The highest BCUT2D eigenvalue weighted by atomic mass is 127. The van der Waals surface area contributed by atoms with Crippen LogP contribution in [0.15, 0.2) is 24.3 Å². The zero-order chi connectivity index (χ0) is 14.0. The lowest BCUT2D eigenvalue weighted by Crippen LogP contribution is -2.20. The molecule has 1 aromatic carbocycles. The Kier molecular flexibility index (Phi) is 4.24. The molecule has 0 atom stereocenters. The second kappa shape index (κ2) is 5.73. The number of hydrogen-bond acceptors (Lipinski definition) is 2. The summed E-state index contributed by atoms with van der Waals surface area (Å²) in [7, 11) is 0. The molecule has 0 unspecified atom stereocenters. The van der Waals surface area contributed by atoms with Crippen molar-refractivity contribution in [2.75, 3.05) is 5.32 Å². The van der Waals surface area contributed by atoms with Gasteiger partial charge < -0.3 is 5.32 Å². The highest BCUT2D eigenvalue weighted by Gasteiger charge is 2.09. The van der Waals surface area contributed by atoms with Crippen molar-refractivity contribution in [2.45, 2.75) is 27.3 Å². The van der Waals surface area contributed by atoms with Gasteiger partial charge >= 0.3 is 0 Å². The summed E-state index contributed by atoms with van der Waals surface area (Å²) >= 11 is 2.23. The average molecular weight is 369 g/mol. The fourth-order valence-corrected chi connectivity index (χ4v) is 2.38. The zero-order valence-electron chi connectivity index (χ0n) is 11.2. The van der Waals surface area contributed by atoms with Gasteiger partial charge in [0.05, 0.1) is 5.69 Å². The molecule has 4 nitrogen and oxygen atoms in total. The number of nitrogens with zero attached hydrogens (tertiary/aromatic N) is 2. The molecule has 1 amide bonds. The first-order valence-corrected chi connectivity index (χ1v) is 7.10. The molecule has 0 fully saturated rings. The number of rotatable bonds is 3. The number of amides is 1. The maximum Gasteiger partial charge on any atom is 0.246 e. The Morgan fingerprint density at radius 1 is 1.32 bits per heavy atom. The van der Waals surface area contributed by atoms with E-state index >= 15 is 0 Å². The summed E-state index contributed by atoms with van der Waals surface area (Å²) in [5.41, 5.74) is 3.84. The number of benzene rings is 1. The van der Waals surface area contributed by atoms with Gasteiger partial charge in [-0.25, -0.2) is 0 Å². The summed E-state index contributed by atoms with van der Waals surface area (Å²) < 4.78 is 2.82. The summed E-state index contributed by atoms with van der Waals surface area (Å²) in [6, 6.07) is 7.95. The molecule has 0 radical (unpaired) electrons. The van der Waals surface area contributed by atoms with Gasteiger partial charge in [0.1, 0.15) is 6.54 Å². The molecule has 0 saturated heterocycles. The first-order valence-electron chi connectivity index (χ1n) is 6.03. The second-order valence-electron chi connectivity index (χ2n) is 4.59. The van der Waals surface area contributed by atoms with E-state index in [-0.39, 0.29) is 12.5 Å². The van der Waals surface area contributed by atoms with E-state index in [1.807, 2.05) is 45.0 Å². The lowest BCUT2D eigenvalue weighted by molar-refractivity contribution is -0.116. The van der Waals surface area contributed by atoms with Gasteiger partial charge in [0, 0.05) is 15.0 Å². The fourth-order valence-electron chi connectivity index (χ4n) is 1.89. The minimum atomic E-state index is -0.0590. The Morgan fingerprint density at radius 3 is 2.68 bits per heavy atom. The molecule has 0 aliphatic rings. The number of carbonyl (C=O) groups excluding carboxylic acids is 1. The zero-order valence-corrected chi connectivity index (χ0v) is 13.4. The van der Waals surface area contributed by atoms with Crippen LogP contribution in [0, 0.1) is 24.3 Å². The lowest BCUT2D eigenvalue weighted by Gasteiger charge is -2.09. The molecular formula is C14H16IN3O. The Morgan fingerprint density at radius 2 is 2.05 bits per heavy atom.